The van der Waals surface area contributed by atoms with Gasteiger partial charge in [-0.2, -0.15) is 0 Å². The molecule has 52 heavy (non-hydrogen) atoms. The number of hydrogen-bond donors (Lipinski definition) is 1. The first kappa shape index (κ1) is 38.9. The zero-order chi connectivity index (χ0) is 37.6. The highest BCUT2D eigenvalue weighted by atomic mass is 28.4. The molecule has 0 bridgehead atoms. The first-order valence-electron chi connectivity index (χ1n) is 18.7. The minimum Gasteiger partial charge on any atom is -0.541 e. The summed E-state index contributed by atoms with van der Waals surface area (Å²) in [6.07, 6.45) is 0. The summed E-state index contributed by atoms with van der Waals surface area (Å²) in [4.78, 5) is 27.8. The van der Waals surface area contributed by atoms with Crippen LogP contribution in [0.3, 0.4) is 0 Å². The van der Waals surface area contributed by atoms with E-state index in [2.05, 4.69) is 41.5 Å². The highest BCUT2D eigenvalue weighted by molar-refractivity contribution is 6.74. The largest absolute Gasteiger partial charge is 0.541 e. The zero-order valence-electron chi connectivity index (χ0n) is 31.9. The third-order valence-corrected chi connectivity index (χ3v) is 20.8. The van der Waals surface area contributed by atoms with Crippen LogP contribution in [-0.2, 0) is 9.59 Å². The van der Waals surface area contributed by atoms with Gasteiger partial charge in [0, 0.05) is 17.2 Å². The average Bonchev–Trinajstić information content (AvgIpc) is 3.16. The van der Waals surface area contributed by atoms with Crippen molar-refractivity contribution in [3.63, 3.8) is 0 Å². The molecule has 0 heterocycles. The summed E-state index contributed by atoms with van der Waals surface area (Å²) in [5, 5.41) is 12.6. The van der Waals surface area contributed by atoms with Crippen molar-refractivity contribution >= 4 is 39.3 Å². The van der Waals surface area contributed by atoms with Crippen molar-refractivity contribution in [3.8, 4) is 28.7 Å². The summed E-state index contributed by atoms with van der Waals surface area (Å²) >= 11 is 0. The van der Waals surface area contributed by atoms with Gasteiger partial charge in [-0.25, -0.2) is 0 Å². The number of hydrogen-bond acceptors (Lipinski definition) is 7. The lowest BCUT2D eigenvalue weighted by atomic mass is 9.52. The van der Waals surface area contributed by atoms with Crippen LogP contribution in [0.2, 0.25) is 36.3 Å². The summed E-state index contributed by atoms with van der Waals surface area (Å²) < 4.78 is 31.3. The van der Waals surface area contributed by atoms with Crippen LogP contribution in [0.25, 0.3) is 10.8 Å². The quantitative estimate of drug-likeness (QED) is 0.0648. The normalized spacial score (nSPS) is 18.7. The van der Waals surface area contributed by atoms with Crippen molar-refractivity contribution in [1.29, 1.82) is 0 Å². The van der Waals surface area contributed by atoms with Crippen molar-refractivity contribution in [1.82, 2.24) is 0 Å². The maximum Gasteiger partial charge on any atom is 0.315 e. The van der Waals surface area contributed by atoms with Crippen LogP contribution in [0.1, 0.15) is 64.5 Å². The lowest BCUT2D eigenvalue weighted by Crippen LogP contribution is -2.52. The first-order valence-corrected chi connectivity index (χ1v) is 23.8. The molecule has 1 fully saturated rings. The number of benzene rings is 4. The first-order chi connectivity index (χ1) is 25.1. The number of ether oxygens (including phenoxy) is 3. The Morgan fingerprint density at radius 3 is 1.48 bits per heavy atom. The van der Waals surface area contributed by atoms with Gasteiger partial charge in [-0.05, 0) is 83.1 Å². The highest BCUT2D eigenvalue weighted by Gasteiger charge is 2.59. The average molecular weight is 743 g/mol. The Morgan fingerprint density at radius 2 is 1.04 bits per heavy atom. The minimum atomic E-state index is -2.03. The fourth-order valence-electron chi connectivity index (χ4n) is 7.99. The van der Waals surface area contributed by atoms with Crippen molar-refractivity contribution in [2.24, 2.45) is 11.8 Å². The summed E-state index contributed by atoms with van der Waals surface area (Å²) in [6, 6.07) is 30.3. The Morgan fingerprint density at radius 1 is 0.577 bits per heavy atom. The Kier molecular flexibility index (Phi) is 12.4. The molecule has 8 nitrogen and oxygen atoms in total. The number of carbonyl (C=O) groups is 2. The molecule has 2 atom stereocenters. The number of rotatable bonds is 17. The van der Waals surface area contributed by atoms with Gasteiger partial charge in [0.1, 0.15) is 17.2 Å². The van der Waals surface area contributed by atoms with Gasteiger partial charge in [-0.15, -0.1) is 0 Å². The van der Waals surface area contributed by atoms with Crippen LogP contribution >= 0.6 is 0 Å². The molecule has 0 amide bonds. The molecule has 0 unspecified atom stereocenters. The van der Waals surface area contributed by atoms with E-state index in [-0.39, 0.29) is 0 Å². The van der Waals surface area contributed by atoms with E-state index in [0.717, 1.165) is 47.0 Å². The molecule has 1 saturated carbocycles. The lowest BCUT2D eigenvalue weighted by Gasteiger charge is -2.49. The van der Waals surface area contributed by atoms with Crippen molar-refractivity contribution in [3.05, 3.63) is 90.0 Å². The number of aliphatic carboxylic acids is 1. The summed E-state index contributed by atoms with van der Waals surface area (Å²) in [7, 11) is -0.886. The van der Waals surface area contributed by atoms with E-state index in [1.165, 1.54) is 0 Å². The van der Waals surface area contributed by atoms with Crippen LogP contribution < -0.4 is 23.1 Å². The molecule has 4 aromatic carbocycles. The van der Waals surface area contributed by atoms with Crippen molar-refractivity contribution in [2.75, 3.05) is 14.2 Å². The van der Waals surface area contributed by atoms with E-state index in [4.69, 9.17) is 23.1 Å². The minimum absolute atomic E-state index is 0.432. The van der Waals surface area contributed by atoms with Crippen LogP contribution in [0, 0.1) is 11.8 Å². The Balaban J connectivity index is 1.60. The predicted octanol–water partition coefficient (Wildman–Crippen LogP) is 10.4. The zero-order valence-corrected chi connectivity index (χ0v) is 33.9. The lowest BCUT2D eigenvalue weighted by molar-refractivity contribution is -0.158. The summed E-state index contributed by atoms with van der Waals surface area (Å²) in [5.41, 5.74) is 1.36. The summed E-state index contributed by atoms with van der Waals surface area (Å²) in [5.74, 6) is -1.85. The van der Waals surface area contributed by atoms with Gasteiger partial charge < -0.3 is 28.2 Å². The molecule has 0 radical (unpaired) electrons. The SMILES string of the molecule is CC[Si](CC)(CC)Oc1ccc([C@H]2C(C(=O)O)[C@H](c3ccc(O[Si](CC)(CC)CC)c(OC)c3)C2C(=O)Oc2cccc3ccccc23)cc1OC. The molecule has 1 aliphatic carbocycles. The number of fused-ring (bicyclic) bond motifs is 1. The van der Waals surface area contributed by atoms with Crippen LogP contribution in [0.5, 0.6) is 28.7 Å². The second kappa shape index (κ2) is 16.6. The highest BCUT2D eigenvalue weighted by Crippen LogP contribution is 2.59. The molecule has 10 heteroatoms. The standard InChI is InChI=1S/C42H54O8Si2/c1-9-51(10-2,11-3)49-33-24-22-29(26-35(33)46-7)37-39(41(43)44)38(30-23-25-34(36(27-30)47-8)50-52(12-4,13-5)14-6)40(37)42(45)48-32-21-17-19-28-18-15-16-20-31(28)32/h15-27,37-40H,9-14H2,1-8H3,(H,43,44)/t37-,38-,39?,40?/m0/s1. The molecule has 0 spiro atoms. The fraction of sp³-hybridized carbons (Fsp3) is 0.429. The third kappa shape index (κ3) is 7.46. The Labute approximate surface area is 310 Å². The maximum absolute atomic E-state index is 14.5. The van der Waals surface area contributed by atoms with Gasteiger partial charge in [0.2, 0.25) is 0 Å². The van der Waals surface area contributed by atoms with E-state index in [9.17, 15) is 14.7 Å². The molecular formula is C42H54O8Si2. The van der Waals surface area contributed by atoms with E-state index in [0.29, 0.717) is 39.9 Å². The van der Waals surface area contributed by atoms with Crippen LogP contribution in [-0.4, -0.2) is 47.9 Å². The topological polar surface area (TPSA) is 101 Å². The van der Waals surface area contributed by atoms with Crippen molar-refractivity contribution < 1.29 is 37.8 Å². The monoisotopic (exact) mass is 742 g/mol. The molecule has 1 N–H and O–H groups in total. The fourth-order valence-corrected chi connectivity index (χ4v) is 13.1. The second-order valence-corrected chi connectivity index (χ2v) is 23.2. The predicted molar refractivity (Wildman–Crippen MR) is 211 cm³/mol. The van der Waals surface area contributed by atoms with Gasteiger partial charge in [0.05, 0.1) is 26.1 Å². The molecule has 278 valence electrons. The van der Waals surface area contributed by atoms with Crippen molar-refractivity contribution in [2.45, 2.75) is 89.6 Å². The number of carboxylic acids is 1. The van der Waals surface area contributed by atoms with Gasteiger partial charge in [-0.1, -0.05) is 90.1 Å². The second-order valence-electron chi connectivity index (χ2n) is 13.9. The molecule has 0 aliphatic heterocycles. The van der Waals surface area contributed by atoms with E-state index in [1.807, 2.05) is 72.8 Å². The van der Waals surface area contributed by atoms with Gasteiger partial charge in [0.25, 0.3) is 16.6 Å². The molecule has 1 aliphatic rings. The summed E-state index contributed by atoms with van der Waals surface area (Å²) in [6.45, 7) is 13.0. The van der Waals surface area contributed by atoms with E-state index in [1.54, 1.807) is 20.3 Å². The number of carbonyl (C=O) groups excluding carboxylic acids is 1. The maximum atomic E-state index is 14.5. The third-order valence-electron chi connectivity index (χ3n) is 11.7. The van der Waals surface area contributed by atoms with Gasteiger partial charge >= 0.3 is 11.9 Å². The molecule has 0 aromatic heterocycles. The molecule has 4 aromatic rings. The Bertz CT molecular complexity index is 1770. The van der Waals surface area contributed by atoms with E-state index < -0.39 is 52.2 Å². The van der Waals surface area contributed by atoms with Gasteiger partial charge in [0.15, 0.2) is 11.5 Å². The number of carboxylic acid groups (broad SMARTS) is 1. The number of methoxy groups -OCH3 is 2. The smallest absolute Gasteiger partial charge is 0.315 e. The molecular weight excluding hydrogens is 689 g/mol. The van der Waals surface area contributed by atoms with Crippen LogP contribution in [0.4, 0.5) is 0 Å². The van der Waals surface area contributed by atoms with Crippen LogP contribution in [0.15, 0.2) is 78.9 Å². The molecule has 0 saturated heterocycles. The number of esters is 1. The van der Waals surface area contributed by atoms with Gasteiger partial charge in [-0.3, -0.25) is 9.59 Å². The molecule has 5 rings (SSSR count). The Hall–Kier alpha value is -4.29. The van der Waals surface area contributed by atoms with E-state index >= 15 is 0 Å².